The maximum absolute atomic E-state index is 13.4. The number of ether oxygens (including phenoxy) is 2. The summed E-state index contributed by atoms with van der Waals surface area (Å²) in [6.07, 6.45) is 0.759. The molecule has 1 heterocycles. The van der Waals surface area contributed by atoms with E-state index in [2.05, 4.69) is 5.32 Å². The minimum Gasteiger partial charge on any atom is -0.497 e. The summed E-state index contributed by atoms with van der Waals surface area (Å²) >= 11 is 5.92. The summed E-state index contributed by atoms with van der Waals surface area (Å²) < 4.78 is 36.9. The summed E-state index contributed by atoms with van der Waals surface area (Å²) in [5.41, 5.74) is 0.855. The standard InChI is InChI=1S/C20H23ClN2O5S/c1-20(19(24)22-17-10-9-16(27-2)13-18(17)28-3)11-4-12-23(29(20,25)26)15-7-5-14(21)6-8-15/h5-10,13H,4,11-12H2,1-3H3,(H,22,24)/t20-/m0/s1. The van der Waals surface area contributed by atoms with E-state index in [4.69, 9.17) is 21.1 Å². The molecule has 29 heavy (non-hydrogen) atoms. The predicted molar refractivity (Wildman–Crippen MR) is 114 cm³/mol. The van der Waals surface area contributed by atoms with Crippen molar-refractivity contribution < 1.29 is 22.7 Å². The molecule has 9 heteroatoms. The third kappa shape index (κ3) is 3.86. The molecule has 1 aliphatic heterocycles. The van der Waals surface area contributed by atoms with Crippen LogP contribution in [0.25, 0.3) is 0 Å². The van der Waals surface area contributed by atoms with Gasteiger partial charge in [-0.25, -0.2) is 8.42 Å². The van der Waals surface area contributed by atoms with E-state index in [0.717, 1.165) is 0 Å². The van der Waals surface area contributed by atoms with E-state index >= 15 is 0 Å². The van der Waals surface area contributed by atoms with Crippen LogP contribution in [0.2, 0.25) is 5.02 Å². The fourth-order valence-electron chi connectivity index (χ4n) is 3.31. The molecule has 0 radical (unpaired) electrons. The second-order valence-corrected chi connectivity index (χ2v) is 9.64. The summed E-state index contributed by atoms with van der Waals surface area (Å²) in [4.78, 5) is 13.1. The molecule has 1 amide bonds. The molecule has 2 aromatic rings. The Labute approximate surface area is 175 Å². The molecule has 3 rings (SSSR count). The summed E-state index contributed by atoms with van der Waals surface area (Å²) in [6, 6.07) is 11.4. The lowest BCUT2D eigenvalue weighted by Crippen LogP contribution is -2.57. The van der Waals surface area contributed by atoms with E-state index in [-0.39, 0.29) is 6.42 Å². The number of rotatable bonds is 5. The molecule has 0 aliphatic carbocycles. The number of nitrogens with zero attached hydrogens (tertiary/aromatic N) is 1. The first-order valence-corrected chi connectivity index (χ1v) is 10.9. The lowest BCUT2D eigenvalue weighted by Gasteiger charge is -2.39. The molecular weight excluding hydrogens is 416 g/mol. The van der Waals surface area contributed by atoms with Crippen molar-refractivity contribution in [2.24, 2.45) is 0 Å². The molecule has 0 saturated carbocycles. The van der Waals surface area contributed by atoms with Crippen LogP contribution in [0.3, 0.4) is 0 Å². The minimum absolute atomic E-state index is 0.212. The van der Waals surface area contributed by atoms with Crippen molar-refractivity contribution >= 4 is 38.9 Å². The normalized spacial score (nSPS) is 20.8. The van der Waals surface area contributed by atoms with Crippen molar-refractivity contribution in [3.63, 3.8) is 0 Å². The molecule has 7 nitrogen and oxygen atoms in total. The van der Waals surface area contributed by atoms with Gasteiger partial charge in [-0.2, -0.15) is 0 Å². The fraction of sp³-hybridized carbons (Fsp3) is 0.350. The van der Waals surface area contributed by atoms with Gasteiger partial charge in [-0.15, -0.1) is 0 Å². The van der Waals surface area contributed by atoms with Gasteiger partial charge in [0.15, 0.2) is 4.75 Å². The van der Waals surface area contributed by atoms with Crippen molar-refractivity contribution in [1.82, 2.24) is 0 Å². The molecule has 0 spiro atoms. The van der Waals surface area contributed by atoms with Crippen LogP contribution in [-0.2, 0) is 14.8 Å². The van der Waals surface area contributed by atoms with Crippen LogP contribution >= 0.6 is 11.6 Å². The number of halogens is 1. The van der Waals surface area contributed by atoms with E-state index in [1.165, 1.54) is 25.4 Å². The molecule has 1 N–H and O–H groups in total. The summed E-state index contributed by atoms with van der Waals surface area (Å²) in [6.45, 7) is 1.76. The highest BCUT2D eigenvalue weighted by Crippen LogP contribution is 2.37. The minimum atomic E-state index is -3.97. The van der Waals surface area contributed by atoms with Gasteiger partial charge in [0.2, 0.25) is 15.9 Å². The monoisotopic (exact) mass is 438 g/mol. The number of sulfonamides is 1. The number of benzene rings is 2. The van der Waals surface area contributed by atoms with E-state index in [1.54, 1.807) is 42.5 Å². The highest BCUT2D eigenvalue weighted by molar-refractivity contribution is 7.95. The van der Waals surface area contributed by atoms with Crippen LogP contribution in [0.5, 0.6) is 11.5 Å². The zero-order valence-corrected chi connectivity index (χ0v) is 18.0. The SMILES string of the molecule is COc1ccc(NC(=O)[C@]2(C)CCCN(c3ccc(Cl)cc3)S2(=O)=O)c(OC)c1. The molecule has 0 aromatic heterocycles. The Kier molecular flexibility index (Phi) is 5.95. The average Bonchev–Trinajstić information content (AvgIpc) is 2.71. The van der Waals surface area contributed by atoms with Crippen molar-refractivity contribution in [1.29, 1.82) is 0 Å². The summed E-state index contributed by atoms with van der Waals surface area (Å²) in [5, 5.41) is 3.22. The topological polar surface area (TPSA) is 84.9 Å². The van der Waals surface area contributed by atoms with Gasteiger partial charge in [0.1, 0.15) is 11.5 Å². The van der Waals surface area contributed by atoms with Gasteiger partial charge < -0.3 is 14.8 Å². The number of nitrogens with one attached hydrogen (secondary N) is 1. The Hall–Kier alpha value is -2.45. The first-order chi connectivity index (χ1) is 13.7. The maximum atomic E-state index is 13.4. The summed E-state index contributed by atoms with van der Waals surface area (Å²) in [5.74, 6) is 0.328. The Morgan fingerprint density at radius 3 is 2.45 bits per heavy atom. The number of hydrogen-bond donors (Lipinski definition) is 1. The van der Waals surface area contributed by atoms with Crippen molar-refractivity contribution in [2.75, 3.05) is 30.4 Å². The van der Waals surface area contributed by atoms with Gasteiger partial charge in [-0.1, -0.05) is 11.6 Å². The van der Waals surface area contributed by atoms with Crippen molar-refractivity contribution in [3.05, 3.63) is 47.5 Å². The number of anilines is 2. The van der Waals surface area contributed by atoms with Crippen LogP contribution in [0.1, 0.15) is 19.8 Å². The highest BCUT2D eigenvalue weighted by atomic mass is 35.5. The molecule has 156 valence electrons. The second-order valence-electron chi connectivity index (χ2n) is 6.91. The largest absolute Gasteiger partial charge is 0.497 e. The van der Waals surface area contributed by atoms with E-state index in [9.17, 15) is 13.2 Å². The number of methoxy groups -OCH3 is 2. The third-order valence-corrected chi connectivity index (χ3v) is 7.88. The summed E-state index contributed by atoms with van der Waals surface area (Å²) in [7, 11) is -0.983. The van der Waals surface area contributed by atoms with Gasteiger partial charge in [0.25, 0.3) is 0 Å². The molecule has 1 aliphatic rings. The fourth-order valence-corrected chi connectivity index (χ4v) is 5.38. The van der Waals surface area contributed by atoms with Gasteiger partial charge in [0, 0.05) is 17.6 Å². The van der Waals surface area contributed by atoms with E-state index < -0.39 is 20.7 Å². The van der Waals surface area contributed by atoms with E-state index in [1.807, 2.05) is 0 Å². The zero-order chi connectivity index (χ0) is 21.2. The first-order valence-electron chi connectivity index (χ1n) is 9.04. The van der Waals surface area contributed by atoms with Crippen molar-refractivity contribution in [2.45, 2.75) is 24.5 Å². The lowest BCUT2D eigenvalue weighted by atomic mass is 10.0. The molecule has 2 aromatic carbocycles. The van der Waals surface area contributed by atoms with E-state index in [0.29, 0.717) is 40.9 Å². The van der Waals surface area contributed by atoms with Crippen LogP contribution in [0, 0.1) is 0 Å². The Bertz CT molecular complexity index is 1010. The van der Waals surface area contributed by atoms with Gasteiger partial charge in [-0.05, 0) is 56.2 Å². The molecule has 0 bridgehead atoms. The zero-order valence-electron chi connectivity index (χ0n) is 16.4. The quantitative estimate of drug-likeness (QED) is 0.769. The Balaban J connectivity index is 1.92. The van der Waals surface area contributed by atoms with Crippen LogP contribution in [-0.4, -0.2) is 39.8 Å². The average molecular weight is 439 g/mol. The van der Waals surface area contributed by atoms with Crippen molar-refractivity contribution in [3.8, 4) is 11.5 Å². The van der Waals surface area contributed by atoms with Gasteiger partial charge in [0.05, 0.1) is 25.6 Å². The number of hydrogen-bond acceptors (Lipinski definition) is 5. The predicted octanol–water partition coefficient (Wildman–Crippen LogP) is 3.68. The number of carbonyl (C=O) groups is 1. The Morgan fingerprint density at radius 2 is 1.83 bits per heavy atom. The lowest BCUT2D eigenvalue weighted by molar-refractivity contribution is -0.118. The number of amides is 1. The van der Waals surface area contributed by atoms with Gasteiger partial charge in [-0.3, -0.25) is 9.10 Å². The molecule has 1 fully saturated rings. The third-order valence-electron chi connectivity index (χ3n) is 5.13. The molecule has 0 unspecified atom stereocenters. The maximum Gasteiger partial charge on any atom is 0.249 e. The molecular formula is C20H23ClN2O5S. The van der Waals surface area contributed by atoms with Crippen LogP contribution < -0.4 is 19.1 Å². The van der Waals surface area contributed by atoms with Gasteiger partial charge >= 0.3 is 0 Å². The Morgan fingerprint density at radius 1 is 1.14 bits per heavy atom. The highest BCUT2D eigenvalue weighted by Gasteiger charge is 2.52. The first kappa shape index (κ1) is 21.3. The van der Waals surface area contributed by atoms with Crippen LogP contribution in [0.4, 0.5) is 11.4 Å². The van der Waals surface area contributed by atoms with Crippen LogP contribution in [0.15, 0.2) is 42.5 Å². The molecule has 1 atom stereocenters. The second kappa shape index (κ2) is 8.12. The smallest absolute Gasteiger partial charge is 0.249 e. The molecule has 1 saturated heterocycles. The number of carbonyl (C=O) groups excluding carboxylic acids is 1.